The first-order valence-corrected chi connectivity index (χ1v) is 6.93. The molecule has 0 heterocycles. The largest absolute Gasteiger partial charge is 0.382 e. The van der Waals surface area contributed by atoms with Crippen molar-refractivity contribution in [3.05, 3.63) is 34.1 Å². The van der Waals surface area contributed by atoms with Crippen molar-refractivity contribution in [1.82, 2.24) is 5.43 Å². The van der Waals surface area contributed by atoms with E-state index in [1.54, 1.807) is 13.2 Å². The van der Waals surface area contributed by atoms with Gasteiger partial charge in [-0.15, -0.1) is 0 Å². The molecule has 0 saturated carbocycles. The van der Waals surface area contributed by atoms with Gasteiger partial charge in [0.05, 0.1) is 13.2 Å². The fraction of sp³-hybridized carbons (Fsp3) is 0.538. The van der Waals surface area contributed by atoms with Crippen LogP contribution in [0.5, 0.6) is 0 Å². The van der Waals surface area contributed by atoms with Crippen LogP contribution >= 0.6 is 15.9 Å². The van der Waals surface area contributed by atoms with Gasteiger partial charge in [-0.05, 0) is 36.6 Å². The predicted octanol–water partition coefficient (Wildman–Crippen LogP) is 2.02. The maximum Gasteiger partial charge on any atom is 0.123 e. The predicted molar refractivity (Wildman–Crippen MR) is 76.2 cm³/mol. The molecule has 1 aromatic carbocycles. The maximum absolute atomic E-state index is 13.2. The van der Waals surface area contributed by atoms with Gasteiger partial charge in [-0.2, -0.15) is 0 Å². The van der Waals surface area contributed by atoms with E-state index in [2.05, 4.69) is 21.4 Å². The minimum Gasteiger partial charge on any atom is -0.382 e. The average molecular weight is 335 g/mol. The highest BCUT2D eigenvalue weighted by molar-refractivity contribution is 9.10. The lowest BCUT2D eigenvalue weighted by molar-refractivity contribution is 0.0658. The Kier molecular flexibility index (Phi) is 8.16. The lowest BCUT2D eigenvalue weighted by Crippen LogP contribution is -2.37. The third-order valence-electron chi connectivity index (χ3n) is 2.75. The van der Waals surface area contributed by atoms with Crippen molar-refractivity contribution < 1.29 is 13.9 Å². The van der Waals surface area contributed by atoms with Gasteiger partial charge in [0.2, 0.25) is 0 Å². The van der Waals surface area contributed by atoms with Gasteiger partial charge in [-0.3, -0.25) is 11.3 Å². The van der Waals surface area contributed by atoms with Crippen molar-refractivity contribution in [2.75, 3.05) is 26.9 Å². The second kappa shape index (κ2) is 9.39. The van der Waals surface area contributed by atoms with Crippen LogP contribution in [-0.2, 0) is 15.9 Å². The van der Waals surface area contributed by atoms with E-state index < -0.39 is 0 Å². The van der Waals surface area contributed by atoms with Gasteiger partial charge in [0.15, 0.2) is 0 Å². The second-order valence-electron chi connectivity index (χ2n) is 4.20. The van der Waals surface area contributed by atoms with Gasteiger partial charge in [-0.25, -0.2) is 4.39 Å². The summed E-state index contributed by atoms with van der Waals surface area (Å²) in [6.07, 6.45) is 1.39. The number of benzene rings is 1. The number of methoxy groups -OCH3 is 1. The van der Waals surface area contributed by atoms with Crippen LogP contribution in [0.3, 0.4) is 0 Å². The molecule has 0 aromatic heterocycles. The first-order valence-electron chi connectivity index (χ1n) is 6.14. The number of hydrogen-bond acceptors (Lipinski definition) is 4. The molecule has 108 valence electrons. The van der Waals surface area contributed by atoms with Crippen LogP contribution in [0.4, 0.5) is 4.39 Å². The summed E-state index contributed by atoms with van der Waals surface area (Å²) in [6.45, 7) is 1.73. The van der Waals surface area contributed by atoms with Crippen LogP contribution in [0.25, 0.3) is 0 Å². The smallest absolute Gasteiger partial charge is 0.123 e. The number of halogens is 2. The van der Waals surface area contributed by atoms with Gasteiger partial charge in [0.1, 0.15) is 5.82 Å². The highest BCUT2D eigenvalue weighted by atomic mass is 79.9. The SMILES string of the molecule is COCCOCCC(Cc1cc(F)ccc1Br)NN. The van der Waals surface area contributed by atoms with Crippen molar-refractivity contribution in [3.8, 4) is 0 Å². The van der Waals surface area contributed by atoms with Gasteiger partial charge in [0.25, 0.3) is 0 Å². The maximum atomic E-state index is 13.2. The fourth-order valence-electron chi connectivity index (χ4n) is 1.68. The monoisotopic (exact) mass is 334 g/mol. The third kappa shape index (κ3) is 6.44. The molecular formula is C13H20BrFN2O2. The Morgan fingerprint density at radius 3 is 2.84 bits per heavy atom. The van der Waals surface area contributed by atoms with E-state index >= 15 is 0 Å². The molecule has 0 radical (unpaired) electrons. The zero-order chi connectivity index (χ0) is 14.1. The summed E-state index contributed by atoms with van der Waals surface area (Å²) in [6, 6.07) is 4.68. The van der Waals surface area contributed by atoms with Gasteiger partial charge >= 0.3 is 0 Å². The van der Waals surface area contributed by atoms with Crippen LogP contribution in [0, 0.1) is 5.82 Å². The molecule has 0 aliphatic heterocycles. The number of ether oxygens (including phenoxy) is 2. The summed E-state index contributed by atoms with van der Waals surface area (Å²) in [5.41, 5.74) is 3.62. The van der Waals surface area contributed by atoms with Crippen LogP contribution in [0.15, 0.2) is 22.7 Å². The number of hydrogen-bond donors (Lipinski definition) is 2. The zero-order valence-corrected chi connectivity index (χ0v) is 12.6. The fourth-order valence-corrected chi connectivity index (χ4v) is 2.09. The standard InChI is InChI=1S/C13H20BrFN2O2/c1-18-6-7-19-5-4-12(17-16)9-10-8-11(15)2-3-13(10)14/h2-3,8,12,17H,4-7,9,16H2,1H3. The third-order valence-corrected chi connectivity index (χ3v) is 3.53. The van der Waals surface area contributed by atoms with Crippen molar-refractivity contribution in [3.63, 3.8) is 0 Å². The Bertz CT molecular complexity index is 380. The van der Waals surface area contributed by atoms with Crippen molar-refractivity contribution in [1.29, 1.82) is 0 Å². The van der Waals surface area contributed by atoms with E-state index in [1.165, 1.54) is 12.1 Å². The molecule has 3 N–H and O–H groups in total. The van der Waals surface area contributed by atoms with Gasteiger partial charge in [-0.1, -0.05) is 15.9 Å². The molecule has 0 fully saturated rings. The quantitative estimate of drug-likeness (QED) is 0.412. The number of hydrazine groups is 1. The molecule has 4 nitrogen and oxygen atoms in total. The molecular weight excluding hydrogens is 315 g/mol. The van der Waals surface area contributed by atoms with E-state index in [1.807, 2.05) is 0 Å². The van der Waals surface area contributed by atoms with E-state index in [0.717, 1.165) is 16.5 Å². The molecule has 0 bridgehead atoms. The zero-order valence-electron chi connectivity index (χ0n) is 11.0. The molecule has 6 heteroatoms. The summed E-state index contributed by atoms with van der Waals surface area (Å²) in [5, 5.41) is 0. The van der Waals surface area contributed by atoms with E-state index in [9.17, 15) is 4.39 Å². The van der Waals surface area contributed by atoms with E-state index in [4.69, 9.17) is 15.3 Å². The summed E-state index contributed by atoms with van der Waals surface area (Å²) >= 11 is 3.41. The molecule has 1 aromatic rings. The first kappa shape index (κ1) is 16.5. The summed E-state index contributed by atoms with van der Waals surface area (Å²) < 4.78 is 24.3. The molecule has 1 unspecified atom stereocenters. The molecule has 0 aliphatic rings. The van der Waals surface area contributed by atoms with Crippen LogP contribution in [0.1, 0.15) is 12.0 Å². The Balaban J connectivity index is 2.41. The highest BCUT2D eigenvalue weighted by Gasteiger charge is 2.11. The Labute approximate surface area is 121 Å². The van der Waals surface area contributed by atoms with Crippen LogP contribution < -0.4 is 11.3 Å². The molecule has 0 amide bonds. The molecule has 0 saturated heterocycles. The molecule has 0 spiro atoms. The second-order valence-corrected chi connectivity index (χ2v) is 5.05. The molecule has 0 aliphatic carbocycles. The lowest BCUT2D eigenvalue weighted by Gasteiger charge is -2.17. The topological polar surface area (TPSA) is 56.5 Å². The first-order chi connectivity index (χ1) is 9.17. The van der Waals surface area contributed by atoms with Crippen LogP contribution in [-0.4, -0.2) is 33.0 Å². The van der Waals surface area contributed by atoms with Gasteiger partial charge in [0, 0.05) is 24.2 Å². The number of nitrogens with two attached hydrogens (primary N) is 1. The molecule has 1 atom stereocenters. The Hall–Kier alpha value is -0.530. The van der Waals surface area contributed by atoms with Crippen molar-refractivity contribution in [2.24, 2.45) is 5.84 Å². The van der Waals surface area contributed by atoms with Gasteiger partial charge < -0.3 is 9.47 Å². The summed E-state index contributed by atoms with van der Waals surface area (Å²) in [7, 11) is 1.63. The molecule has 1 rings (SSSR count). The minimum absolute atomic E-state index is 0.0423. The summed E-state index contributed by atoms with van der Waals surface area (Å²) in [5.74, 6) is 5.27. The van der Waals surface area contributed by atoms with E-state index in [-0.39, 0.29) is 11.9 Å². The number of rotatable bonds is 9. The Morgan fingerprint density at radius 1 is 1.37 bits per heavy atom. The highest BCUT2D eigenvalue weighted by Crippen LogP contribution is 2.19. The number of nitrogens with one attached hydrogen (secondary N) is 1. The molecule has 19 heavy (non-hydrogen) atoms. The Morgan fingerprint density at radius 2 is 2.16 bits per heavy atom. The van der Waals surface area contributed by atoms with E-state index in [0.29, 0.717) is 26.2 Å². The minimum atomic E-state index is -0.245. The average Bonchev–Trinajstić information content (AvgIpc) is 2.41. The van der Waals surface area contributed by atoms with Crippen molar-refractivity contribution in [2.45, 2.75) is 18.9 Å². The normalized spacial score (nSPS) is 12.6. The van der Waals surface area contributed by atoms with Crippen LogP contribution in [0.2, 0.25) is 0 Å². The lowest BCUT2D eigenvalue weighted by atomic mass is 10.0. The summed E-state index contributed by atoms with van der Waals surface area (Å²) in [4.78, 5) is 0. The van der Waals surface area contributed by atoms with Crippen molar-refractivity contribution >= 4 is 15.9 Å².